The van der Waals surface area contributed by atoms with Gasteiger partial charge in [-0.05, 0) is 62.1 Å². The molecule has 2 heterocycles. The van der Waals surface area contributed by atoms with Gasteiger partial charge in [0.1, 0.15) is 0 Å². The Kier molecular flexibility index (Phi) is 3.47. The number of hydrogen-bond donors (Lipinski definition) is 2. The SMILES string of the molecule is c1cncc(-c2[nH]ncc2CNCC(C2CC2)C2CC2)c1. The first-order valence-corrected chi connectivity index (χ1v) is 8.05. The van der Waals surface area contributed by atoms with Crippen LogP contribution in [0.3, 0.4) is 0 Å². The molecule has 21 heavy (non-hydrogen) atoms. The quantitative estimate of drug-likeness (QED) is 0.821. The van der Waals surface area contributed by atoms with Crippen LogP contribution in [0, 0.1) is 17.8 Å². The van der Waals surface area contributed by atoms with Crippen LogP contribution in [0.4, 0.5) is 0 Å². The molecule has 2 aliphatic carbocycles. The number of rotatable bonds is 7. The molecule has 0 spiro atoms. The molecule has 2 N–H and O–H groups in total. The van der Waals surface area contributed by atoms with Crippen LogP contribution in [0.5, 0.6) is 0 Å². The number of nitrogens with zero attached hydrogens (tertiary/aromatic N) is 2. The highest BCUT2D eigenvalue weighted by Crippen LogP contribution is 2.48. The van der Waals surface area contributed by atoms with E-state index in [-0.39, 0.29) is 0 Å². The van der Waals surface area contributed by atoms with Gasteiger partial charge in [0.15, 0.2) is 0 Å². The van der Waals surface area contributed by atoms with Gasteiger partial charge in [-0.25, -0.2) is 0 Å². The highest BCUT2D eigenvalue weighted by molar-refractivity contribution is 5.61. The number of aromatic nitrogens is 3. The minimum atomic E-state index is 0.886. The van der Waals surface area contributed by atoms with Crippen LogP contribution in [0.15, 0.2) is 30.7 Å². The van der Waals surface area contributed by atoms with Crippen molar-refractivity contribution in [1.29, 1.82) is 0 Å². The van der Waals surface area contributed by atoms with Gasteiger partial charge < -0.3 is 5.32 Å². The van der Waals surface area contributed by atoms with Crippen LogP contribution in [0.25, 0.3) is 11.3 Å². The third-order valence-corrected chi connectivity index (χ3v) is 4.82. The average molecular weight is 282 g/mol. The van der Waals surface area contributed by atoms with Gasteiger partial charge in [-0.2, -0.15) is 5.10 Å². The fourth-order valence-corrected chi connectivity index (χ4v) is 3.35. The van der Waals surface area contributed by atoms with E-state index < -0.39 is 0 Å². The van der Waals surface area contributed by atoms with E-state index in [1.807, 2.05) is 18.5 Å². The minimum Gasteiger partial charge on any atom is -0.312 e. The predicted octanol–water partition coefficient (Wildman–Crippen LogP) is 3.00. The van der Waals surface area contributed by atoms with Crippen LogP contribution in [0.1, 0.15) is 31.2 Å². The van der Waals surface area contributed by atoms with E-state index in [4.69, 9.17) is 0 Å². The normalized spacial score (nSPS) is 18.3. The molecule has 0 saturated heterocycles. The summed E-state index contributed by atoms with van der Waals surface area (Å²) >= 11 is 0. The first-order valence-electron chi connectivity index (χ1n) is 8.05. The molecule has 2 fully saturated rings. The van der Waals surface area contributed by atoms with Crippen molar-refractivity contribution in [1.82, 2.24) is 20.5 Å². The van der Waals surface area contributed by atoms with Gasteiger partial charge in [0.25, 0.3) is 0 Å². The Hall–Kier alpha value is -1.68. The predicted molar refractivity (Wildman–Crippen MR) is 82.5 cm³/mol. The summed E-state index contributed by atoms with van der Waals surface area (Å²) in [7, 11) is 0. The summed E-state index contributed by atoms with van der Waals surface area (Å²) in [5, 5.41) is 11.0. The molecule has 2 aromatic rings. The lowest BCUT2D eigenvalue weighted by Crippen LogP contribution is -2.25. The van der Waals surface area contributed by atoms with E-state index in [0.29, 0.717) is 0 Å². The van der Waals surface area contributed by atoms with Gasteiger partial charge in [0.05, 0.1) is 11.9 Å². The molecule has 2 saturated carbocycles. The summed E-state index contributed by atoms with van der Waals surface area (Å²) in [6.07, 6.45) is 11.4. The lowest BCUT2D eigenvalue weighted by atomic mass is 9.98. The van der Waals surface area contributed by atoms with Crippen molar-refractivity contribution >= 4 is 0 Å². The Morgan fingerprint density at radius 1 is 1.19 bits per heavy atom. The zero-order valence-corrected chi connectivity index (χ0v) is 12.3. The molecule has 4 heteroatoms. The van der Waals surface area contributed by atoms with Gasteiger partial charge in [-0.3, -0.25) is 10.1 Å². The van der Waals surface area contributed by atoms with Crippen LogP contribution < -0.4 is 5.32 Å². The number of H-pyrrole nitrogens is 1. The molecule has 0 atom stereocenters. The number of pyridine rings is 1. The van der Waals surface area contributed by atoms with Gasteiger partial charge in [0, 0.05) is 30.1 Å². The van der Waals surface area contributed by atoms with Gasteiger partial charge in [-0.15, -0.1) is 0 Å². The molecule has 0 amide bonds. The molecule has 0 radical (unpaired) electrons. The fourth-order valence-electron chi connectivity index (χ4n) is 3.35. The van der Waals surface area contributed by atoms with Crippen molar-refractivity contribution in [3.63, 3.8) is 0 Å². The Morgan fingerprint density at radius 3 is 2.67 bits per heavy atom. The molecular weight excluding hydrogens is 260 g/mol. The van der Waals surface area contributed by atoms with E-state index in [2.05, 4.69) is 26.6 Å². The van der Waals surface area contributed by atoms with Gasteiger partial charge in [0.2, 0.25) is 0 Å². The first kappa shape index (κ1) is 13.0. The zero-order valence-electron chi connectivity index (χ0n) is 12.3. The highest BCUT2D eigenvalue weighted by Gasteiger charge is 2.40. The molecule has 4 nitrogen and oxygen atoms in total. The fraction of sp³-hybridized carbons (Fsp3) is 0.529. The van der Waals surface area contributed by atoms with E-state index in [9.17, 15) is 0 Å². The molecule has 2 aromatic heterocycles. The summed E-state index contributed by atoms with van der Waals surface area (Å²) < 4.78 is 0. The lowest BCUT2D eigenvalue weighted by molar-refractivity contribution is 0.378. The van der Waals surface area contributed by atoms with Crippen molar-refractivity contribution in [2.45, 2.75) is 32.2 Å². The number of aromatic amines is 1. The van der Waals surface area contributed by atoms with Crippen molar-refractivity contribution in [2.24, 2.45) is 17.8 Å². The van der Waals surface area contributed by atoms with Crippen molar-refractivity contribution < 1.29 is 0 Å². The van der Waals surface area contributed by atoms with E-state index in [1.165, 1.54) is 31.2 Å². The second kappa shape index (κ2) is 5.60. The van der Waals surface area contributed by atoms with Crippen molar-refractivity contribution in [2.75, 3.05) is 6.54 Å². The maximum absolute atomic E-state index is 4.20. The van der Waals surface area contributed by atoms with Crippen molar-refractivity contribution in [3.8, 4) is 11.3 Å². The van der Waals surface area contributed by atoms with Crippen LogP contribution in [0.2, 0.25) is 0 Å². The van der Waals surface area contributed by atoms with Crippen LogP contribution >= 0.6 is 0 Å². The number of nitrogens with one attached hydrogen (secondary N) is 2. The third kappa shape index (κ3) is 3.00. The maximum atomic E-state index is 4.20. The molecule has 0 bridgehead atoms. The lowest BCUT2D eigenvalue weighted by Gasteiger charge is -2.16. The molecule has 110 valence electrons. The van der Waals surface area contributed by atoms with E-state index in [1.54, 1.807) is 6.20 Å². The summed E-state index contributed by atoms with van der Waals surface area (Å²) in [6, 6.07) is 4.03. The topological polar surface area (TPSA) is 53.6 Å². The summed E-state index contributed by atoms with van der Waals surface area (Å²) in [5.41, 5.74) is 3.42. The van der Waals surface area contributed by atoms with Gasteiger partial charge >= 0.3 is 0 Å². The Morgan fingerprint density at radius 2 is 2.00 bits per heavy atom. The Labute approximate surface area is 125 Å². The zero-order chi connectivity index (χ0) is 14.1. The maximum Gasteiger partial charge on any atom is 0.0710 e. The van der Waals surface area contributed by atoms with Crippen LogP contribution in [-0.4, -0.2) is 21.7 Å². The second-order valence-electron chi connectivity index (χ2n) is 6.48. The summed E-state index contributed by atoms with van der Waals surface area (Å²) in [4.78, 5) is 4.19. The molecule has 0 unspecified atom stereocenters. The molecule has 4 rings (SSSR count). The molecular formula is C17H22N4. The Bertz CT molecular complexity index is 572. The smallest absolute Gasteiger partial charge is 0.0710 e. The second-order valence-corrected chi connectivity index (χ2v) is 6.48. The summed E-state index contributed by atoms with van der Waals surface area (Å²) in [5.74, 6) is 2.93. The molecule has 0 aromatic carbocycles. The standard InChI is InChI=1S/C17H22N4/c1-2-14(8-18-7-1)17-15(10-20-21-17)9-19-11-16(12-3-4-12)13-5-6-13/h1-2,7-8,10,12-13,16,19H,3-6,9,11H2,(H,20,21). The first-order chi connectivity index (χ1) is 10.4. The third-order valence-electron chi connectivity index (χ3n) is 4.82. The number of hydrogen-bond acceptors (Lipinski definition) is 3. The largest absolute Gasteiger partial charge is 0.312 e. The van der Waals surface area contributed by atoms with E-state index in [0.717, 1.165) is 42.1 Å². The van der Waals surface area contributed by atoms with Gasteiger partial charge in [-0.1, -0.05) is 0 Å². The average Bonchev–Trinajstić information content (AvgIpc) is 3.44. The van der Waals surface area contributed by atoms with E-state index >= 15 is 0 Å². The monoisotopic (exact) mass is 282 g/mol. The summed E-state index contributed by atoms with van der Waals surface area (Å²) in [6.45, 7) is 2.05. The highest BCUT2D eigenvalue weighted by atomic mass is 15.1. The van der Waals surface area contributed by atoms with Crippen LogP contribution in [-0.2, 0) is 6.54 Å². The minimum absolute atomic E-state index is 0.886. The molecule has 2 aliphatic rings. The van der Waals surface area contributed by atoms with Crippen molar-refractivity contribution in [3.05, 3.63) is 36.3 Å². The Balaban J connectivity index is 1.38. The molecule has 0 aliphatic heterocycles.